The Balaban J connectivity index is 1.33. The van der Waals surface area contributed by atoms with Crippen molar-refractivity contribution < 1.29 is 23.8 Å². The summed E-state index contributed by atoms with van der Waals surface area (Å²) in [6.07, 6.45) is 3.86. The third-order valence-electron chi connectivity index (χ3n) is 6.24. The van der Waals surface area contributed by atoms with E-state index >= 15 is 0 Å². The van der Waals surface area contributed by atoms with Crippen molar-refractivity contribution in [1.29, 1.82) is 0 Å². The fraction of sp³-hybridized carbons (Fsp3) is 0.407. The van der Waals surface area contributed by atoms with Crippen molar-refractivity contribution in [2.45, 2.75) is 71.9 Å². The molecule has 1 aliphatic carbocycles. The number of aryl methyl sites for hydroxylation is 3. The second-order valence-electron chi connectivity index (χ2n) is 8.84. The number of nitrogens with zero attached hydrogens (tertiary/aromatic N) is 1. The number of benzene rings is 2. The van der Waals surface area contributed by atoms with Gasteiger partial charge in [-0.15, -0.1) is 0 Å². The molecule has 6 heteroatoms. The van der Waals surface area contributed by atoms with E-state index in [1.165, 1.54) is 0 Å². The van der Waals surface area contributed by atoms with Gasteiger partial charge in [0.05, 0.1) is 31.0 Å². The number of carboxylic acid groups (broad SMARTS) is 1. The lowest BCUT2D eigenvalue weighted by Gasteiger charge is -2.29. The van der Waals surface area contributed by atoms with E-state index in [2.05, 4.69) is 11.1 Å². The van der Waals surface area contributed by atoms with Gasteiger partial charge in [0.1, 0.15) is 11.5 Å². The van der Waals surface area contributed by atoms with Crippen molar-refractivity contribution in [2.24, 2.45) is 0 Å². The first-order chi connectivity index (χ1) is 15.9. The minimum absolute atomic E-state index is 0.0483. The van der Waals surface area contributed by atoms with Gasteiger partial charge in [0.25, 0.3) is 0 Å². The first kappa shape index (κ1) is 23.2. The lowest BCUT2D eigenvalue weighted by atomic mass is 9.94. The van der Waals surface area contributed by atoms with E-state index in [1.54, 1.807) is 0 Å². The molecule has 33 heavy (non-hydrogen) atoms. The van der Waals surface area contributed by atoms with Crippen LogP contribution >= 0.6 is 0 Å². The highest BCUT2D eigenvalue weighted by molar-refractivity contribution is 5.91. The zero-order valence-corrected chi connectivity index (χ0v) is 19.5. The number of ether oxygens (including phenoxy) is 2. The number of carboxylic acids is 1. The fourth-order valence-corrected chi connectivity index (χ4v) is 4.43. The van der Waals surface area contributed by atoms with Gasteiger partial charge in [-0.05, 0) is 69.7 Å². The molecule has 2 atom stereocenters. The van der Waals surface area contributed by atoms with Crippen LogP contribution in [0.1, 0.15) is 64.2 Å². The molecule has 4 rings (SSSR count). The molecule has 3 aromatic rings. The zero-order chi connectivity index (χ0) is 23.4. The van der Waals surface area contributed by atoms with E-state index in [-0.39, 0.29) is 12.2 Å². The van der Waals surface area contributed by atoms with E-state index < -0.39 is 5.97 Å². The van der Waals surface area contributed by atoms with Gasteiger partial charge in [-0.25, -0.2) is 9.78 Å². The number of oxazole rings is 1. The molecule has 1 aromatic heterocycles. The minimum atomic E-state index is -0.912. The molecule has 0 saturated heterocycles. The smallest absolute Gasteiger partial charge is 0.336 e. The Bertz CT molecular complexity index is 1120. The van der Waals surface area contributed by atoms with Crippen molar-refractivity contribution >= 4 is 5.97 Å². The van der Waals surface area contributed by atoms with Gasteiger partial charge in [0.15, 0.2) is 0 Å². The topological polar surface area (TPSA) is 81.8 Å². The van der Waals surface area contributed by atoms with Gasteiger partial charge in [0, 0.05) is 5.56 Å². The molecule has 0 unspecified atom stereocenters. The number of rotatable bonds is 8. The first-order valence-corrected chi connectivity index (χ1v) is 11.5. The zero-order valence-electron chi connectivity index (χ0n) is 19.5. The maximum atomic E-state index is 11.6. The van der Waals surface area contributed by atoms with Crippen molar-refractivity contribution in [1.82, 2.24) is 4.98 Å². The van der Waals surface area contributed by atoms with Gasteiger partial charge < -0.3 is 19.0 Å². The molecule has 0 amide bonds. The molecule has 0 bridgehead atoms. The summed E-state index contributed by atoms with van der Waals surface area (Å²) in [7, 11) is 0. The molecule has 1 heterocycles. The lowest BCUT2D eigenvalue weighted by Crippen LogP contribution is -2.28. The molecular weight excluding hydrogens is 418 g/mol. The van der Waals surface area contributed by atoms with Crippen LogP contribution in [-0.2, 0) is 22.7 Å². The Morgan fingerprint density at radius 3 is 2.52 bits per heavy atom. The normalized spacial score (nSPS) is 18.4. The molecule has 1 N–H and O–H groups in total. The van der Waals surface area contributed by atoms with E-state index in [9.17, 15) is 9.90 Å². The van der Waals surface area contributed by atoms with Crippen molar-refractivity contribution in [3.8, 4) is 11.5 Å². The molecule has 1 saturated carbocycles. The van der Waals surface area contributed by atoms with E-state index in [0.29, 0.717) is 30.2 Å². The van der Waals surface area contributed by atoms with Gasteiger partial charge in [-0.1, -0.05) is 35.9 Å². The standard InChI is InChI=1S/C27H31NO5/c1-17-7-4-9-20(13-17)26-28-24(19(3)33-26)16-32-23-12-6-11-22(14-23)31-15-21-10-5-8-18(2)25(21)27(29)30/h4-5,7-10,13,22-23H,6,11-12,14-16H2,1-3H3,(H,29,30)/t22-,23+/m1/s1. The van der Waals surface area contributed by atoms with Crippen LogP contribution < -0.4 is 0 Å². The minimum Gasteiger partial charge on any atom is -0.478 e. The third kappa shape index (κ3) is 5.70. The van der Waals surface area contributed by atoms with E-state index in [4.69, 9.17) is 13.9 Å². The number of carbonyl (C=O) groups is 1. The monoisotopic (exact) mass is 449 g/mol. The first-order valence-electron chi connectivity index (χ1n) is 11.5. The predicted molar refractivity (Wildman–Crippen MR) is 125 cm³/mol. The number of aromatic carboxylic acids is 1. The Morgan fingerprint density at radius 2 is 1.79 bits per heavy atom. The van der Waals surface area contributed by atoms with Crippen LogP contribution in [0.15, 0.2) is 46.9 Å². The highest BCUT2D eigenvalue weighted by Crippen LogP contribution is 2.28. The van der Waals surface area contributed by atoms with Crippen LogP contribution in [0, 0.1) is 20.8 Å². The number of aromatic nitrogens is 1. The average molecular weight is 450 g/mol. The predicted octanol–water partition coefficient (Wildman–Crippen LogP) is 6.01. The van der Waals surface area contributed by atoms with Crippen LogP contribution in [0.2, 0.25) is 0 Å². The van der Waals surface area contributed by atoms with Gasteiger partial charge in [-0.2, -0.15) is 0 Å². The third-order valence-corrected chi connectivity index (χ3v) is 6.24. The van der Waals surface area contributed by atoms with E-state index in [1.807, 2.05) is 57.2 Å². The van der Waals surface area contributed by atoms with E-state index in [0.717, 1.165) is 53.8 Å². The molecule has 174 valence electrons. The molecule has 2 aromatic carbocycles. The number of hydrogen-bond donors (Lipinski definition) is 1. The fourth-order valence-electron chi connectivity index (χ4n) is 4.43. The summed E-state index contributed by atoms with van der Waals surface area (Å²) >= 11 is 0. The second-order valence-corrected chi connectivity index (χ2v) is 8.84. The summed E-state index contributed by atoms with van der Waals surface area (Å²) in [5.74, 6) is 0.479. The molecule has 0 spiro atoms. The summed E-state index contributed by atoms with van der Waals surface area (Å²) in [5.41, 5.74) is 4.75. The molecule has 1 fully saturated rings. The molecule has 0 radical (unpaired) electrons. The summed E-state index contributed by atoms with van der Waals surface area (Å²) in [6, 6.07) is 13.6. The highest BCUT2D eigenvalue weighted by Gasteiger charge is 2.25. The van der Waals surface area contributed by atoms with Gasteiger partial charge in [-0.3, -0.25) is 0 Å². The van der Waals surface area contributed by atoms with Crippen molar-refractivity contribution in [3.63, 3.8) is 0 Å². The van der Waals surface area contributed by atoms with Crippen LogP contribution in [0.3, 0.4) is 0 Å². The largest absolute Gasteiger partial charge is 0.478 e. The average Bonchev–Trinajstić information content (AvgIpc) is 3.17. The Morgan fingerprint density at radius 1 is 1.06 bits per heavy atom. The van der Waals surface area contributed by atoms with Gasteiger partial charge in [0.2, 0.25) is 5.89 Å². The van der Waals surface area contributed by atoms with Crippen molar-refractivity contribution in [2.75, 3.05) is 0 Å². The quantitative estimate of drug-likeness (QED) is 0.453. The molecule has 0 aliphatic heterocycles. The van der Waals surface area contributed by atoms with Crippen molar-refractivity contribution in [3.05, 3.63) is 76.2 Å². The molecule has 1 aliphatic rings. The number of hydrogen-bond acceptors (Lipinski definition) is 5. The van der Waals surface area contributed by atoms with Crippen LogP contribution in [0.5, 0.6) is 0 Å². The molecular formula is C27H31NO5. The van der Waals surface area contributed by atoms with Gasteiger partial charge >= 0.3 is 5.97 Å². The van der Waals surface area contributed by atoms with Crippen LogP contribution in [0.4, 0.5) is 0 Å². The Hall–Kier alpha value is -2.96. The molecule has 6 nitrogen and oxygen atoms in total. The summed E-state index contributed by atoms with van der Waals surface area (Å²) in [5, 5.41) is 9.52. The van der Waals surface area contributed by atoms with Crippen LogP contribution in [0.25, 0.3) is 11.5 Å². The lowest BCUT2D eigenvalue weighted by molar-refractivity contribution is -0.0564. The van der Waals surface area contributed by atoms with Crippen LogP contribution in [-0.4, -0.2) is 28.3 Å². The Labute approximate surface area is 194 Å². The Kier molecular flexibility index (Phi) is 7.26. The maximum Gasteiger partial charge on any atom is 0.336 e. The highest BCUT2D eigenvalue weighted by atomic mass is 16.5. The second kappa shape index (κ2) is 10.3. The summed E-state index contributed by atoms with van der Waals surface area (Å²) in [4.78, 5) is 16.3. The summed E-state index contributed by atoms with van der Waals surface area (Å²) < 4.78 is 18.2. The SMILES string of the molecule is Cc1cccc(-c2nc(CO[C@H]3CCC[C@@H](OCc4cccc(C)c4C(=O)O)C3)c(C)o2)c1. The summed E-state index contributed by atoms with van der Waals surface area (Å²) in [6.45, 7) is 6.47. The maximum absolute atomic E-state index is 11.6.